The van der Waals surface area contributed by atoms with Gasteiger partial charge in [0.2, 0.25) is 0 Å². The van der Waals surface area contributed by atoms with Gasteiger partial charge in [-0.15, -0.1) is 0 Å². The summed E-state index contributed by atoms with van der Waals surface area (Å²) in [4.78, 5) is 0. The third kappa shape index (κ3) is 1.57. The Kier molecular flexibility index (Phi) is 3.24. The summed E-state index contributed by atoms with van der Waals surface area (Å²) >= 11 is 3.03. The van der Waals surface area contributed by atoms with Gasteiger partial charge in [-0.25, -0.2) is 13.2 Å². The summed E-state index contributed by atoms with van der Waals surface area (Å²) in [5.41, 5.74) is -0.134. The second kappa shape index (κ2) is 3.69. The van der Waals surface area contributed by atoms with E-state index in [0.29, 0.717) is 0 Å². The molecule has 0 aromatic heterocycles. The fraction of sp³-hybridized carbons (Fsp3) is 0.143. The van der Waals surface area contributed by atoms with E-state index in [1.54, 1.807) is 0 Å². The van der Waals surface area contributed by atoms with Gasteiger partial charge in [0.1, 0.15) is 11.6 Å². The van der Waals surface area contributed by atoms with Crippen LogP contribution in [0, 0.1) is 31.5 Å². The minimum Gasteiger partial charge on any atom is -0.205 e. The molecule has 1 rings (SSSR count). The molecule has 66 valence electrons. The standard InChI is InChI=1S/C7H3F3I2/c1-2-3(8)6(11)5(10)7(12)4(2)9/h1H3. The van der Waals surface area contributed by atoms with E-state index in [1.807, 2.05) is 0 Å². The minimum atomic E-state index is -0.822. The number of rotatable bonds is 0. The van der Waals surface area contributed by atoms with Crippen molar-refractivity contribution in [2.45, 2.75) is 6.92 Å². The number of hydrogen-bond acceptors (Lipinski definition) is 0. The first-order chi connectivity index (χ1) is 5.46. The number of benzene rings is 1. The Morgan fingerprint density at radius 1 is 0.833 bits per heavy atom. The predicted molar refractivity (Wildman–Crippen MR) is 56.5 cm³/mol. The van der Waals surface area contributed by atoms with E-state index in [1.165, 1.54) is 52.1 Å². The maximum Gasteiger partial charge on any atom is 0.155 e. The molecule has 0 radical (unpaired) electrons. The van der Waals surface area contributed by atoms with Crippen LogP contribution in [0.4, 0.5) is 13.2 Å². The largest absolute Gasteiger partial charge is 0.205 e. The maximum atomic E-state index is 12.9. The van der Waals surface area contributed by atoms with Crippen LogP contribution in [-0.4, -0.2) is 0 Å². The molecule has 0 N–H and O–H groups in total. The highest BCUT2D eigenvalue weighted by Gasteiger charge is 2.18. The molecule has 0 bridgehead atoms. The average molecular weight is 398 g/mol. The highest BCUT2D eigenvalue weighted by Crippen LogP contribution is 2.26. The Bertz CT molecular complexity index is 231. The normalized spacial score (nSPS) is 10.5. The van der Waals surface area contributed by atoms with Crippen molar-refractivity contribution in [3.05, 3.63) is 30.2 Å². The second-order valence-electron chi connectivity index (χ2n) is 2.19. The van der Waals surface area contributed by atoms with Crippen LogP contribution in [0.1, 0.15) is 5.56 Å². The number of halogens is 5. The lowest BCUT2D eigenvalue weighted by atomic mass is 10.2. The van der Waals surface area contributed by atoms with E-state index in [0.717, 1.165) is 0 Å². The van der Waals surface area contributed by atoms with E-state index < -0.39 is 17.5 Å². The molecule has 0 heterocycles. The molecular formula is C7H3F3I2. The van der Waals surface area contributed by atoms with Gasteiger partial charge in [0.15, 0.2) is 5.82 Å². The van der Waals surface area contributed by atoms with Gasteiger partial charge in [-0.1, -0.05) is 0 Å². The summed E-state index contributed by atoms with van der Waals surface area (Å²) in [5.74, 6) is -2.45. The van der Waals surface area contributed by atoms with Crippen molar-refractivity contribution in [3.63, 3.8) is 0 Å². The first kappa shape index (κ1) is 10.6. The lowest BCUT2D eigenvalue weighted by Crippen LogP contribution is -2.01. The SMILES string of the molecule is Cc1c(F)c(I)c(F)c(I)c1F. The second-order valence-corrected chi connectivity index (χ2v) is 4.35. The van der Waals surface area contributed by atoms with E-state index in [2.05, 4.69) is 0 Å². The molecule has 0 saturated heterocycles. The van der Waals surface area contributed by atoms with Gasteiger partial charge in [0.05, 0.1) is 7.14 Å². The molecule has 0 spiro atoms. The van der Waals surface area contributed by atoms with Crippen LogP contribution in [0.2, 0.25) is 0 Å². The number of hydrogen-bond donors (Lipinski definition) is 0. The fourth-order valence-electron chi connectivity index (χ4n) is 0.715. The summed E-state index contributed by atoms with van der Waals surface area (Å²) in [6.07, 6.45) is 0. The van der Waals surface area contributed by atoms with Crippen molar-refractivity contribution in [2.24, 2.45) is 0 Å². The molecule has 0 saturated carbocycles. The van der Waals surface area contributed by atoms with Crippen LogP contribution in [0.3, 0.4) is 0 Å². The first-order valence-electron chi connectivity index (χ1n) is 2.94. The van der Waals surface area contributed by atoms with Crippen LogP contribution in [0.15, 0.2) is 0 Å². The Labute approximate surface area is 94.8 Å². The van der Waals surface area contributed by atoms with E-state index in [4.69, 9.17) is 0 Å². The molecule has 0 aliphatic rings. The highest BCUT2D eigenvalue weighted by molar-refractivity contribution is 14.1. The lowest BCUT2D eigenvalue weighted by Gasteiger charge is -2.05. The Morgan fingerprint density at radius 2 is 1.17 bits per heavy atom. The van der Waals surface area contributed by atoms with Crippen LogP contribution in [0.5, 0.6) is 0 Å². The van der Waals surface area contributed by atoms with Gasteiger partial charge >= 0.3 is 0 Å². The lowest BCUT2D eigenvalue weighted by molar-refractivity contribution is 0.514. The van der Waals surface area contributed by atoms with Crippen LogP contribution in [-0.2, 0) is 0 Å². The molecular weight excluding hydrogens is 395 g/mol. The summed E-state index contributed by atoms with van der Waals surface area (Å²) < 4.78 is 38.5. The van der Waals surface area contributed by atoms with Gasteiger partial charge in [-0.05, 0) is 52.1 Å². The monoisotopic (exact) mass is 398 g/mol. The fourth-order valence-corrected chi connectivity index (χ4v) is 2.58. The molecule has 1 aromatic rings. The summed E-state index contributed by atoms with van der Waals surface area (Å²) in [6.45, 7) is 1.29. The highest BCUT2D eigenvalue weighted by atomic mass is 127. The van der Waals surface area contributed by atoms with Gasteiger partial charge < -0.3 is 0 Å². The van der Waals surface area contributed by atoms with Crippen molar-refractivity contribution in [1.29, 1.82) is 0 Å². The zero-order valence-electron chi connectivity index (χ0n) is 5.89. The molecule has 1 aromatic carbocycles. The van der Waals surface area contributed by atoms with Gasteiger partial charge in [0.25, 0.3) is 0 Å². The minimum absolute atomic E-state index is 0.134. The molecule has 5 heteroatoms. The summed E-state index contributed by atoms with van der Waals surface area (Å²) in [5, 5.41) is 0. The van der Waals surface area contributed by atoms with Gasteiger partial charge in [-0.3, -0.25) is 0 Å². The first-order valence-corrected chi connectivity index (χ1v) is 5.10. The third-order valence-electron chi connectivity index (χ3n) is 1.43. The molecule has 0 aliphatic heterocycles. The average Bonchev–Trinajstić information content (AvgIpc) is 2.08. The van der Waals surface area contributed by atoms with Crippen molar-refractivity contribution in [3.8, 4) is 0 Å². The summed E-state index contributed by atoms with van der Waals surface area (Å²) in [7, 11) is 0. The Balaban J connectivity index is 3.60. The molecule has 0 atom stereocenters. The summed E-state index contributed by atoms with van der Waals surface area (Å²) in [6, 6.07) is 0. The molecule has 0 nitrogen and oxygen atoms in total. The quantitative estimate of drug-likeness (QED) is 0.356. The topological polar surface area (TPSA) is 0 Å². The van der Waals surface area contributed by atoms with Gasteiger partial charge in [0, 0.05) is 5.56 Å². The van der Waals surface area contributed by atoms with E-state index in [9.17, 15) is 13.2 Å². The smallest absolute Gasteiger partial charge is 0.155 e. The zero-order valence-corrected chi connectivity index (χ0v) is 10.2. The van der Waals surface area contributed by atoms with E-state index >= 15 is 0 Å². The Morgan fingerprint density at radius 3 is 1.50 bits per heavy atom. The Hall–Kier alpha value is 0.470. The van der Waals surface area contributed by atoms with Crippen LogP contribution < -0.4 is 0 Å². The van der Waals surface area contributed by atoms with Crippen LogP contribution in [0.25, 0.3) is 0 Å². The molecule has 0 unspecified atom stereocenters. The van der Waals surface area contributed by atoms with Crippen molar-refractivity contribution in [2.75, 3.05) is 0 Å². The van der Waals surface area contributed by atoms with Crippen molar-refractivity contribution >= 4 is 45.2 Å². The van der Waals surface area contributed by atoms with Crippen molar-refractivity contribution in [1.82, 2.24) is 0 Å². The maximum absolute atomic E-state index is 12.9. The molecule has 0 amide bonds. The van der Waals surface area contributed by atoms with Crippen molar-refractivity contribution < 1.29 is 13.2 Å². The third-order valence-corrected chi connectivity index (χ3v) is 3.32. The molecule has 0 fully saturated rings. The van der Waals surface area contributed by atoms with Crippen LogP contribution >= 0.6 is 45.2 Å². The molecule has 0 aliphatic carbocycles. The zero-order chi connectivity index (χ0) is 9.46. The van der Waals surface area contributed by atoms with Gasteiger partial charge in [-0.2, -0.15) is 0 Å². The van der Waals surface area contributed by atoms with E-state index in [-0.39, 0.29) is 12.7 Å². The predicted octanol–water partition coefficient (Wildman–Crippen LogP) is 3.62. The molecule has 12 heavy (non-hydrogen) atoms.